The molecule has 8 nitrogen and oxygen atoms in total. The van der Waals surface area contributed by atoms with Gasteiger partial charge in [0.05, 0.1) is 11.8 Å². The number of carbonyl (C=O) groups is 3. The number of aryl methyl sites for hydroxylation is 2. The van der Waals surface area contributed by atoms with Crippen molar-refractivity contribution in [3.05, 3.63) is 77.1 Å². The zero-order chi connectivity index (χ0) is 19.4. The summed E-state index contributed by atoms with van der Waals surface area (Å²) in [6.45, 7) is 3.40. The Kier molecular flexibility index (Phi) is 5.07. The maximum absolute atomic E-state index is 12.1. The molecule has 0 saturated heterocycles. The largest absolute Gasteiger partial charge is 0.466 e. The number of amides is 3. The molecule has 2 aromatic heterocycles. The zero-order valence-corrected chi connectivity index (χ0v) is 14.7. The minimum atomic E-state index is -0.495. The molecule has 0 bridgehead atoms. The third kappa shape index (κ3) is 4.24. The summed E-state index contributed by atoms with van der Waals surface area (Å²) in [5.41, 5.74) is 5.83. The molecule has 0 radical (unpaired) electrons. The standard InChI is InChI=1S/C19H17N3O5/c1-11-10-15(12(2)27-11)18(24)22-21-17(23)13-5-7-14(8-6-13)20-19(25)16-4-3-9-26-16/h3-10H,1-2H3,(H,20,25)(H,21,23)(H,22,24). The van der Waals surface area contributed by atoms with E-state index in [1.165, 1.54) is 18.4 Å². The van der Waals surface area contributed by atoms with Crippen LogP contribution in [-0.2, 0) is 0 Å². The second-order valence-corrected chi connectivity index (χ2v) is 5.74. The van der Waals surface area contributed by atoms with E-state index in [9.17, 15) is 14.4 Å². The zero-order valence-electron chi connectivity index (χ0n) is 14.7. The van der Waals surface area contributed by atoms with E-state index < -0.39 is 17.7 Å². The fraction of sp³-hybridized carbons (Fsp3) is 0.105. The lowest BCUT2D eigenvalue weighted by atomic mass is 10.2. The fourth-order valence-electron chi connectivity index (χ4n) is 2.41. The third-order valence-corrected chi connectivity index (χ3v) is 3.73. The molecule has 0 aliphatic carbocycles. The Morgan fingerprint density at radius 3 is 2.19 bits per heavy atom. The summed E-state index contributed by atoms with van der Waals surface area (Å²) in [6.07, 6.45) is 1.41. The molecule has 138 valence electrons. The first kappa shape index (κ1) is 18.0. The second-order valence-electron chi connectivity index (χ2n) is 5.74. The maximum Gasteiger partial charge on any atom is 0.291 e. The average molecular weight is 367 g/mol. The molecule has 1 aromatic carbocycles. The van der Waals surface area contributed by atoms with Gasteiger partial charge in [-0.2, -0.15) is 0 Å². The van der Waals surface area contributed by atoms with Crippen LogP contribution in [0.4, 0.5) is 5.69 Å². The molecule has 3 rings (SSSR count). The summed E-state index contributed by atoms with van der Waals surface area (Å²) in [5.74, 6) is -0.100. The van der Waals surface area contributed by atoms with Crippen LogP contribution in [0.25, 0.3) is 0 Å². The van der Waals surface area contributed by atoms with E-state index in [1.807, 2.05) is 0 Å². The Bertz CT molecular complexity index is 971. The van der Waals surface area contributed by atoms with Crippen LogP contribution in [0.15, 0.2) is 57.6 Å². The highest BCUT2D eigenvalue weighted by Gasteiger charge is 2.15. The molecular weight excluding hydrogens is 350 g/mol. The summed E-state index contributed by atoms with van der Waals surface area (Å²) in [6, 6.07) is 10.9. The van der Waals surface area contributed by atoms with Crippen LogP contribution in [0.2, 0.25) is 0 Å². The average Bonchev–Trinajstić information content (AvgIpc) is 3.29. The van der Waals surface area contributed by atoms with Gasteiger partial charge in [0.1, 0.15) is 11.5 Å². The molecule has 0 fully saturated rings. The first-order valence-electron chi connectivity index (χ1n) is 8.06. The van der Waals surface area contributed by atoms with Gasteiger partial charge in [-0.05, 0) is 56.3 Å². The number of hydrogen-bond donors (Lipinski definition) is 3. The third-order valence-electron chi connectivity index (χ3n) is 3.73. The fourth-order valence-corrected chi connectivity index (χ4v) is 2.41. The number of benzene rings is 1. The number of hydrazine groups is 1. The van der Waals surface area contributed by atoms with Gasteiger partial charge in [-0.25, -0.2) is 0 Å². The molecule has 27 heavy (non-hydrogen) atoms. The van der Waals surface area contributed by atoms with E-state index in [4.69, 9.17) is 8.83 Å². The quantitative estimate of drug-likeness (QED) is 0.614. The molecule has 0 aliphatic rings. The van der Waals surface area contributed by atoms with Crippen LogP contribution < -0.4 is 16.2 Å². The minimum Gasteiger partial charge on any atom is -0.466 e. The smallest absolute Gasteiger partial charge is 0.291 e. The van der Waals surface area contributed by atoms with Crippen molar-refractivity contribution in [2.75, 3.05) is 5.32 Å². The van der Waals surface area contributed by atoms with Gasteiger partial charge in [0.2, 0.25) is 0 Å². The molecular formula is C19H17N3O5. The van der Waals surface area contributed by atoms with Crippen molar-refractivity contribution >= 4 is 23.4 Å². The van der Waals surface area contributed by atoms with Gasteiger partial charge in [-0.15, -0.1) is 0 Å². The van der Waals surface area contributed by atoms with Crippen LogP contribution in [0.5, 0.6) is 0 Å². The lowest BCUT2D eigenvalue weighted by Gasteiger charge is -2.08. The molecule has 0 atom stereocenters. The molecule has 0 saturated carbocycles. The number of anilines is 1. The highest BCUT2D eigenvalue weighted by molar-refractivity contribution is 6.03. The van der Waals surface area contributed by atoms with Crippen molar-refractivity contribution in [1.82, 2.24) is 10.9 Å². The van der Waals surface area contributed by atoms with Gasteiger partial charge in [0.15, 0.2) is 5.76 Å². The van der Waals surface area contributed by atoms with Crippen molar-refractivity contribution in [3.8, 4) is 0 Å². The van der Waals surface area contributed by atoms with Gasteiger partial charge >= 0.3 is 0 Å². The predicted molar refractivity (Wildman–Crippen MR) is 96.2 cm³/mol. The van der Waals surface area contributed by atoms with E-state index in [1.54, 1.807) is 44.2 Å². The van der Waals surface area contributed by atoms with Gasteiger partial charge in [0.25, 0.3) is 17.7 Å². The molecule has 0 spiro atoms. The normalized spacial score (nSPS) is 10.3. The SMILES string of the molecule is Cc1cc(C(=O)NNC(=O)c2ccc(NC(=O)c3ccco3)cc2)c(C)o1. The van der Waals surface area contributed by atoms with Gasteiger partial charge in [0, 0.05) is 11.3 Å². The lowest BCUT2D eigenvalue weighted by Crippen LogP contribution is -2.41. The first-order valence-corrected chi connectivity index (χ1v) is 8.06. The molecule has 8 heteroatoms. The van der Waals surface area contributed by atoms with Gasteiger partial charge in [-0.3, -0.25) is 25.2 Å². The first-order chi connectivity index (χ1) is 12.9. The van der Waals surface area contributed by atoms with Crippen LogP contribution in [0, 0.1) is 13.8 Å². The van der Waals surface area contributed by atoms with Crippen molar-refractivity contribution in [2.24, 2.45) is 0 Å². The maximum atomic E-state index is 12.1. The van der Waals surface area contributed by atoms with Crippen LogP contribution >= 0.6 is 0 Å². The lowest BCUT2D eigenvalue weighted by molar-refractivity contribution is 0.0845. The number of hydrogen-bond acceptors (Lipinski definition) is 5. The highest BCUT2D eigenvalue weighted by Crippen LogP contribution is 2.14. The Balaban J connectivity index is 1.56. The van der Waals surface area contributed by atoms with E-state index >= 15 is 0 Å². The number of rotatable bonds is 4. The van der Waals surface area contributed by atoms with Crippen molar-refractivity contribution < 1.29 is 23.2 Å². The number of carbonyl (C=O) groups excluding carboxylic acids is 3. The molecule has 3 aromatic rings. The Morgan fingerprint density at radius 2 is 1.59 bits per heavy atom. The second kappa shape index (κ2) is 7.61. The summed E-state index contributed by atoms with van der Waals surface area (Å²) in [7, 11) is 0. The summed E-state index contributed by atoms with van der Waals surface area (Å²) in [5, 5.41) is 2.65. The van der Waals surface area contributed by atoms with Gasteiger partial charge in [-0.1, -0.05) is 0 Å². The number of furan rings is 2. The summed E-state index contributed by atoms with van der Waals surface area (Å²) in [4.78, 5) is 36.1. The minimum absolute atomic E-state index is 0.185. The van der Waals surface area contributed by atoms with Gasteiger partial charge < -0.3 is 14.2 Å². The van der Waals surface area contributed by atoms with Crippen molar-refractivity contribution in [1.29, 1.82) is 0 Å². The van der Waals surface area contributed by atoms with E-state index in [2.05, 4.69) is 16.2 Å². The molecule has 0 unspecified atom stereocenters. The predicted octanol–water partition coefficient (Wildman–Crippen LogP) is 2.82. The summed E-state index contributed by atoms with van der Waals surface area (Å²) >= 11 is 0. The number of nitrogens with one attached hydrogen (secondary N) is 3. The van der Waals surface area contributed by atoms with Crippen LogP contribution in [-0.4, -0.2) is 17.7 Å². The monoisotopic (exact) mass is 367 g/mol. The van der Waals surface area contributed by atoms with Crippen LogP contribution in [0.3, 0.4) is 0 Å². The molecule has 3 amide bonds. The Hall–Kier alpha value is -3.81. The highest BCUT2D eigenvalue weighted by atomic mass is 16.3. The van der Waals surface area contributed by atoms with E-state index in [0.29, 0.717) is 28.3 Å². The molecule has 0 aliphatic heterocycles. The molecule has 3 N–H and O–H groups in total. The Labute approximate surface area is 154 Å². The van der Waals surface area contributed by atoms with Crippen molar-refractivity contribution in [3.63, 3.8) is 0 Å². The van der Waals surface area contributed by atoms with E-state index in [0.717, 1.165) is 0 Å². The Morgan fingerprint density at radius 1 is 0.889 bits per heavy atom. The van der Waals surface area contributed by atoms with E-state index in [-0.39, 0.29) is 5.76 Å². The van der Waals surface area contributed by atoms with Crippen molar-refractivity contribution in [2.45, 2.75) is 13.8 Å². The van der Waals surface area contributed by atoms with Crippen LogP contribution in [0.1, 0.15) is 42.8 Å². The summed E-state index contributed by atoms with van der Waals surface area (Å²) < 4.78 is 10.3. The topological polar surface area (TPSA) is 114 Å². The molecule has 2 heterocycles.